The van der Waals surface area contributed by atoms with Gasteiger partial charge in [0.15, 0.2) is 0 Å². The molecule has 0 aromatic rings. The average Bonchev–Trinajstić information content (AvgIpc) is 2.26. The van der Waals surface area contributed by atoms with Gasteiger partial charge in [0.1, 0.15) is 0 Å². The topological polar surface area (TPSA) is 27.7 Å². The van der Waals surface area contributed by atoms with Gasteiger partial charge in [0, 0.05) is 25.0 Å². The summed E-state index contributed by atoms with van der Waals surface area (Å²) in [6, 6.07) is 0. The zero-order valence-electron chi connectivity index (χ0n) is 9.05. The lowest BCUT2D eigenvalue weighted by Crippen LogP contribution is -2.10. The molecule has 0 aliphatic heterocycles. The Labute approximate surface area is 102 Å². The molecule has 0 heterocycles. The van der Waals surface area contributed by atoms with Crippen LogP contribution >= 0.6 is 23.2 Å². The summed E-state index contributed by atoms with van der Waals surface area (Å²) in [6.07, 6.45) is 1.78. The lowest BCUT2D eigenvalue weighted by molar-refractivity contribution is 0.0150. The highest BCUT2D eigenvalue weighted by Gasteiger charge is 1.91. The number of rotatable bonds is 12. The Balaban J connectivity index is 2.81. The second-order valence-corrected chi connectivity index (χ2v) is 3.68. The van der Waals surface area contributed by atoms with Crippen molar-refractivity contribution in [1.82, 2.24) is 0 Å². The Morgan fingerprint density at radius 1 is 0.533 bits per heavy atom. The van der Waals surface area contributed by atoms with E-state index >= 15 is 0 Å². The monoisotopic (exact) mass is 258 g/mol. The summed E-state index contributed by atoms with van der Waals surface area (Å²) >= 11 is 11.0. The first-order valence-corrected chi connectivity index (χ1v) is 6.34. The molecule has 0 atom stereocenters. The first kappa shape index (κ1) is 15.5. The first-order valence-electron chi connectivity index (χ1n) is 5.27. The highest BCUT2D eigenvalue weighted by atomic mass is 35.5. The van der Waals surface area contributed by atoms with E-state index in [2.05, 4.69) is 0 Å². The molecule has 0 rings (SSSR count). The van der Waals surface area contributed by atoms with Gasteiger partial charge < -0.3 is 14.2 Å². The summed E-state index contributed by atoms with van der Waals surface area (Å²) in [5.41, 5.74) is 0. The molecule has 0 unspecified atom stereocenters. The van der Waals surface area contributed by atoms with E-state index in [1.54, 1.807) is 0 Å². The Kier molecular flexibility index (Phi) is 14.9. The molecule has 0 aliphatic rings. The van der Waals surface area contributed by atoms with Crippen molar-refractivity contribution in [3.05, 3.63) is 0 Å². The van der Waals surface area contributed by atoms with E-state index in [9.17, 15) is 0 Å². The third-order valence-electron chi connectivity index (χ3n) is 1.59. The van der Waals surface area contributed by atoms with Gasteiger partial charge in [-0.3, -0.25) is 0 Å². The zero-order chi connectivity index (χ0) is 11.2. The van der Waals surface area contributed by atoms with E-state index in [-0.39, 0.29) is 0 Å². The number of ether oxygens (including phenoxy) is 3. The Hall–Kier alpha value is 0.460. The SMILES string of the molecule is ClCCCOCCOCCOCCCCl. The fourth-order valence-electron chi connectivity index (χ4n) is 0.855. The van der Waals surface area contributed by atoms with Crippen LogP contribution in [-0.2, 0) is 14.2 Å². The molecule has 0 radical (unpaired) electrons. The third-order valence-corrected chi connectivity index (χ3v) is 2.12. The lowest BCUT2D eigenvalue weighted by atomic mass is 10.5. The molecule has 0 saturated carbocycles. The van der Waals surface area contributed by atoms with Gasteiger partial charge in [-0.2, -0.15) is 0 Å². The fourth-order valence-corrected chi connectivity index (χ4v) is 1.07. The van der Waals surface area contributed by atoms with Gasteiger partial charge in [0.05, 0.1) is 26.4 Å². The quantitative estimate of drug-likeness (QED) is 0.397. The van der Waals surface area contributed by atoms with Crippen LogP contribution in [0.5, 0.6) is 0 Å². The standard InChI is InChI=1S/C10H20Cl2O3/c11-3-1-5-13-7-9-15-10-8-14-6-2-4-12/h1-10H2. The van der Waals surface area contributed by atoms with Crippen molar-refractivity contribution >= 4 is 23.2 Å². The van der Waals surface area contributed by atoms with Crippen molar-refractivity contribution in [2.45, 2.75) is 12.8 Å². The minimum Gasteiger partial charge on any atom is -0.379 e. The van der Waals surface area contributed by atoms with E-state index in [4.69, 9.17) is 37.4 Å². The maximum absolute atomic E-state index is 5.49. The maximum Gasteiger partial charge on any atom is 0.0701 e. The second kappa shape index (κ2) is 14.5. The Bertz CT molecular complexity index is 103. The summed E-state index contributed by atoms with van der Waals surface area (Å²) in [5.74, 6) is 1.30. The Morgan fingerprint density at radius 3 is 1.20 bits per heavy atom. The van der Waals surface area contributed by atoms with Crippen LogP contribution in [0, 0.1) is 0 Å². The van der Waals surface area contributed by atoms with E-state index in [1.807, 2.05) is 0 Å². The van der Waals surface area contributed by atoms with Crippen LogP contribution in [0.1, 0.15) is 12.8 Å². The number of hydrogen-bond donors (Lipinski definition) is 0. The molecule has 0 aromatic carbocycles. The highest BCUT2D eigenvalue weighted by Crippen LogP contribution is 1.88. The van der Waals surface area contributed by atoms with E-state index in [0.29, 0.717) is 51.4 Å². The van der Waals surface area contributed by atoms with Crippen molar-refractivity contribution in [1.29, 1.82) is 0 Å². The normalized spacial score (nSPS) is 10.8. The summed E-state index contributed by atoms with van der Waals surface area (Å²) in [6.45, 7) is 3.89. The smallest absolute Gasteiger partial charge is 0.0701 e. The maximum atomic E-state index is 5.49. The van der Waals surface area contributed by atoms with Crippen molar-refractivity contribution in [2.75, 3.05) is 51.4 Å². The molecule has 0 bridgehead atoms. The molecule has 0 saturated heterocycles. The molecule has 92 valence electrons. The summed E-state index contributed by atoms with van der Waals surface area (Å²) in [4.78, 5) is 0. The van der Waals surface area contributed by atoms with Gasteiger partial charge in [-0.25, -0.2) is 0 Å². The number of halogens is 2. The first-order chi connectivity index (χ1) is 7.41. The van der Waals surface area contributed by atoms with Gasteiger partial charge >= 0.3 is 0 Å². The molecule has 0 aromatic heterocycles. The van der Waals surface area contributed by atoms with E-state index in [1.165, 1.54) is 0 Å². The lowest BCUT2D eigenvalue weighted by Gasteiger charge is -2.05. The summed E-state index contributed by atoms with van der Waals surface area (Å²) in [5, 5.41) is 0. The van der Waals surface area contributed by atoms with Crippen LogP contribution in [0.25, 0.3) is 0 Å². The van der Waals surface area contributed by atoms with Gasteiger partial charge in [-0.15, -0.1) is 23.2 Å². The van der Waals surface area contributed by atoms with E-state index < -0.39 is 0 Å². The second-order valence-electron chi connectivity index (χ2n) is 2.92. The van der Waals surface area contributed by atoms with Gasteiger partial charge in [-0.1, -0.05) is 0 Å². The predicted molar refractivity (Wildman–Crippen MR) is 63.1 cm³/mol. The number of alkyl halides is 2. The van der Waals surface area contributed by atoms with Crippen molar-refractivity contribution < 1.29 is 14.2 Å². The zero-order valence-corrected chi connectivity index (χ0v) is 10.6. The van der Waals surface area contributed by atoms with Crippen molar-refractivity contribution in [2.24, 2.45) is 0 Å². The van der Waals surface area contributed by atoms with Crippen LogP contribution in [-0.4, -0.2) is 51.4 Å². The molecule has 0 aliphatic carbocycles. The average molecular weight is 259 g/mol. The molecule has 15 heavy (non-hydrogen) atoms. The molecule has 0 spiro atoms. The van der Waals surface area contributed by atoms with Gasteiger partial charge in [0.25, 0.3) is 0 Å². The molecular formula is C10H20Cl2O3. The van der Waals surface area contributed by atoms with Crippen LogP contribution < -0.4 is 0 Å². The van der Waals surface area contributed by atoms with Crippen LogP contribution in [0.2, 0.25) is 0 Å². The van der Waals surface area contributed by atoms with Crippen molar-refractivity contribution in [3.8, 4) is 0 Å². The minimum absolute atomic E-state index is 0.612. The van der Waals surface area contributed by atoms with Crippen molar-refractivity contribution in [3.63, 3.8) is 0 Å². The fraction of sp³-hybridized carbons (Fsp3) is 1.00. The Morgan fingerprint density at radius 2 is 0.867 bits per heavy atom. The van der Waals surface area contributed by atoms with E-state index in [0.717, 1.165) is 12.8 Å². The molecule has 0 amide bonds. The van der Waals surface area contributed by atoms with Crippen LogP contribution in [0.15, 0.2) is 0 Å². The molecule has 0 N–H and O–H groups in total. The van der Waals surface area contributed by atoms with Crippen LogP contribution in [0.3, 0.4) is 0 Å². The number of hydrogen-bond acceptors (Lipinski definition) is 3. The van der Waals surface area contributed by atoms with Gasteiger partial charge in [0.2, 0.25) is 0 Å². The molecule has 5 heteroatoms. The largest absolute Gasteiger partial charge is 0.379 e. The minimum atomic E-state index is 0.612. The van der Waals surface area contributed by atoms with Crippen LogP contribution in [0.4, 0.5) is 0 Å². The third kappa shape index (κ3) is 14.5. The highest BCUT2D eigenvalue weighted by molar-refractivity contribution is 6.18. The van der Waals surface area contributed by atoms with Gasteiger partial charge in [-0.05, 0) is 12.8 Å². The summed E-state index contributed by atoms with van der Waals surface area (Å²) < 4.78 is 15.8. The summed E-state index contributed by atoms with van der Waals surface area (Å²) in [7, 11) is 0. The molecular weight excluding hydrogens is 239 g/mol. The molecule has 3 nitrogen and oxygen atoms in total. The molecule has 0 fully saturated rings. The predicted octanol–water partition coefficient (Wildman–Crippen LogP) is 2.29.